The molecule has 0 aliphatic rings. The van der Waals surface area contributed by atoms with Crippen LogP contribution in [0.25, 0.3) is 0 Å². The van der Waals surface area contributed by atoms with E-state index in [1.54, 1.807) is 0 Å². The molecule has 0 fully saturated rings. The zero-order chi connectivity index (χ0) is 8.10. The third-order valence-electron chi connectivity index (χ3n) is 1.77. The topological polar surface area (TPSA) is 23.8 Å². The second-order valence-corrected chi connectivity index (χ2v) is 2.80. The number of benzene rings is 1. The first-order chi connectivity index (χ1) is 5.33. The van der Waals surface area contributed by atoms with Gasteiger partial charge >= 0.3 is 0 Å². The maximum atomic E-state index is 7.27. The molecule has 1 N–H and O–H groups in total. The van der Waals surface area contributed by atoms with Crippen molar-refractivity contribution in [3.05, 3.63) is 29.8 Å². The Hall–Kier alpha value is -0.980. The van der Waals surface area contributed by atoms with Crippen LogP contribution in [0, 0.1) is 0 Å². The second-order valence-electron chi connectivity index (χ2n) is 2.80. The van der Waals surface area contributed by atoms with E-state index in [2.05, 4.69) is 6.92 Å². The lowest BCUT2D eigenvalue weighted by Gasteiger charge is -1.98. The van der Waals surface area contributed by atoms with Gasteiger partial charge in [0.2, 0.25) is 0 Å². The molecule has 0 aliphatic carbocycles. The minimum absolute atomic E-state index is 0.602. The van der Waals surface area contributed by atoms with Gasteiger partial charge in [-0.2, -0.15) is 0 Å². The van der Waals surface area contributed by atoms with Crippen LogP contribution in [0.2, 0.25) is 0 Å². The van der Waals surface area contributed by atoms with Gasteiger partial charge in [0.15, 0.2) is 0 Å². The highest BCUT2D eigenvalue weighted by molar-refractivity contribution is 5.35. The molecule has 11 heavy (non-hydrogen) atoms. The number of nitrogens with one attached hydrogen (secondary N) is 1. The first kappa shape index (κ1) is 8.12. The Balaban J connectivity index is 2.52. The van der Waals surface area contributed by atoms with E-state index in [1.165, 1.54) is 18.4 Å². The quantitative estimate of drug-likeness (QED) is 0.629. The number of hydrogen-bond acceptors (Lipinski definition) is 0. The van der Waals surface area contributed by atoms with Gasteiger partial charge < -0.3 is 5.73 Å². The summed E-state index contributed by atoms with van der Waals surface area (Å²) in [5, 5.41) is 0. The molecule has 0 saturated heterocycles. The van der Waals surface area contributed by atoms with Crippen molar-refractivity contribution in [3.8, 4) is 0 Å². The van der Waals surface area contributed by atoms with Gasteiger partial charge in [0.05, 0.1) is 5.69 Å². The standard InChI is InChI=1S/C10H14N/c1-2-3-4-9-5-7-10(11)8-6-9/h5-8,11H,2-4H2,1H3. The van der Waals surface area contributed by atoms with Gasteiger partial charge in [-0.15, -0.1) is 0 Å². The molecule has 0 unspecified atom stereocenters. The van der Waals surface area contributed by atoms with Gasteiger partial charge in [-0.3, -0.25) is 0 Å². The van der Waals surface area contributed by atoms with E-state index in [0.29, 0.717) is 5.69 Å². The molecule has 1 aromatic carbocycles. The lowest BCUT2D eigenvalue weighted by Crippen LogP contribution is -1.83. The zero-order valence-electron chi connectivity index (χ0n) is 6.93. The molecule has 0 aromatic heterocycles. The van der Waals surface area contributed by atoms with E-state index in [-0.39, 0.29) is 0 Å². The van der Waals surface area contributed by atoms with Crippen LogP contribution in [-0.2, 0) is 6.42 Å². The smallest absolute Gasteiger partial charge is 0.0540 e. The van der Waals surface area contributed by atoms with Crippen LogP contribution < -0.4 is 5.73 Å². The molecule has 0 bridgehead atoms. The van der Waals surface area contributed by atoms with Gasteiger partial charge in [0.25, 0.3) is 0 Å². The van der Waals surface area contributed by atoms with Crippen LogP contribution in [-0.4, -0.2) is 0 Å². The maximum Gasteiger partial charge on any atom is 0.0540 e. The number of unbranched alkanes of at least 4 members (excludes halogenated alkanes) is 1. The molecule has 0 amide bonds. The normalized spacial score (nSPS) is 9.91. The van der Waals surface area contributed by atoms with Crippen LogP contribution in [0.4, 0.5) is 5.69 Å². The molecule has 0 heterocycles. The van der Waals surface area contributed by atoms with Crippen LogP contribution in [0.3, 0.4) is 0 Å². The number of rotatable bonds is 3. The van der Waals surface area contributed by atoms with Crippen molar-refractivity contribution in [3.63, 3.8) is 0 Å². The van der Waals surface area contributed by atoms with Crippen molar-refractivity contribution in [1.82, 2.24) is 5.73 Å². The van der Waals surface area contributed by atoms with Crippen molar-refractivity contribution >= 4 is 5.69 Å². The van der Waals surface area contributed by atoms with Gasteiger partial charge in [-0.1, -0.05) is 25.5 Å². The number of aryl methyl sites for hydroxylation is 1. The molecule has 1 heteroatoms. The monoisotopic (exact) mass is 148 g/mol. The Morgan fingerprint density at radius 1 is 1.18 bits per heavy atom. The molecule has 1 radical (unpaired) electrons. The fourth-order valence-corrected chi connectivity index (χ4v) is 1.05. The summed E-state index contributed by atoms with van der Waals surface area (Å²) in [6.07, 6.45) is 3.64. The summed E-state index contributed by atoms with van der Waals surface area (Å²) in [5.41, 5.74) is 9.22. The van der Waals surface area contributed by atoms with E-state index in [4.69, 9.17) is 5.73 Å². The molecule has 0 saturated carbocycles. The van der Waals surface area contributed by atoms with Crippen LogP contribution >= 0.6 is 0 Å². The fourth-order valence-electron chi connectivity index (χ4n) is 1.05. The summed E-state index contributed by atoms with van der Waals surface area (Å²) in [5.74, 6) is 0. The Kier molecular flexibility index (Phi) is 2.96. The Labute approximate surface area is 68.2 Å². The summed E-state index contributed by atoms with van der Waals surface area (Å²) in [6.45, 7) is 2.19. The summed E-state index contributed by atoms with van der Waals surface area (Å²) in [6, 6.07) is 7.78. The Bertz CT molecular complexity index is 201. The Morgan fingerprint density at radius 3 is 2.36 bits per heavy atom. The van der Waals surface area contributed by atoms with E-state index >= 15 is 0 Å². The average Bonchev–Trinajstić information content (AvgIpc) is 2.04. The Morgan fingerprint density at radius 2 is 1.82 bits per heavy atom. The maximum absolute atomic E-state index is 7.27. The fraction of sp³-hybridized carbons (Fsp3) is 0.400. The molecule has 0 spiro atoms. The third kappa shape index (κ3) is 2.62. The largest absolute Gasteiger partial charge is 0.301 e. The first-order valence-corrected chi connectivity index (χ1v) is 4.13. The van der Waals surface area contributed by atoms with E-state index < -0.39 is 0 Å². The third-order valence-corrected chi connectivity index (χ3v) is 1.77. The first-order valence-electron chi connectivity index (χ1n) is 4.13. The highest BCUT2D eigenvalue weighted by Crippen LogP contribution is 2.09. The van der Waals surface area contributed by atoms with Crippen molar-refractivity contribution in [2.24, 2.45) is 0 Å². The highest BCUT2D eigenvalue weighted by atomic mass is 14.5. The van der Waals surface area contributed by atoms with E-state index in [0.717, 1.165) is 6.42 Å². The number of hydrogen-bond donors (Lipinski definition) is 0. The predicted molar refractivity (Wildman–Crippen MR) is 47.8 cm³/mol. The van der Waals surface area contributed by atoms with Crippen molar-refractivity contribution in [2.75, 3.05) is 0 Å². The van der Waals surface area contributed by atoms with Gasteiger partial charge in [0.1, 0.15) is 0 Å². The van der Waals surface area contributed by atoms with Crippen molar-refractivity contribution in [1.29, 1.82) is 0 Å². The van der Waals surface area contributed by atoms with E-state index in [9.17, 15) is 0 Å². The predicted octanol–water partition coefficient (Wildman–Crippen LogP) is 2.94. The zero-order valence-corrected chi connectivity index (χ0v) is 6.93. The molecular weight excluding hydrogens is 134 g/mol. The van der Waals surface area contributed by atoms with Crippen LogP contribution in [0.15, 0.2) is 24.3 Å². The van der Waals surface area contributed by atoms with E-state index in [1.807, 2.05) is 24.3 Å². The van der Waals surface area contributed by atoms with Crippen LogP contribution in [0.5, 0.6) is 0 Å². The molecule has 1 aromatic rings. The summed E-state index contributed by atoms with van der Waals surface area (Å²) < 4.78 is 0. The average molecular weight is 148 g/mol. The molecular formula is C10H14N. The summed E-state index contributed by atoms with van der Waals surface area (Å²) in [4.78, 5) is 0. The SMILES string of the molecule is CCCCc1ccc([NH])cc1. The summed E-state index contributed by atoms with van der Waals surface area (Å²) >= 11 is 0. The van der Waals surface area contributed by atoms with Gasteiger partial charge in [-0.25, -0.2) is 0 Å². The molecule has 1 rings (SSSR count). The van der Waals surface area contributed by atoms with Gasteiger partial charge in [-0.05, 0) is 30.5 Å². The molecule has 1 nitrogen and oxygen atoms in total. The lowest BCUT2D eigenvalue weighted by atomic mass is 10.1. The van der Waals surface area contributed by atoms with Crippen LogP contribution in [0.1, 0.15) is 25.3 Å². The summed E-state index contributed by atoms with van der Waals surface area (Å²) in [7, 11) is 0. The van der Waals surface area contributed by atoms with Crippen molar-refractivity contribution in [2.45, 2.75) is 26.2 Å². The lowest BCUT2D eigenvalue weighted by molar-refractivity contribution is 0.795. The minimum Gasteiger partial charge on any atom is -0.301 e. The minimum atomic E-state index is 0.602. The molecule has 0 aliphatic heterocycles. The van der Waals surface area contributed by atoms with Gasteiger partial charge in [0, 0.05) is 0 Å². The van der Waals surface area contributed by atoms with Crippen molar-refractivity contribution < 1.29 is 0 Å². The molecule has 59 valence electrons. The second kappa shape index (κ2) is 4.02. The molecule has 0 atom stereocenters. The highest BCUT2D eigenvalue weighted by Gasteiger charge is 1.90.